The molecule has 0 bridgehead atoms. The number of carbonyl (C=O) groups is 2. The van der Waals surface area contributed by atoms with Gasteiger partial charge in [-0.05, 0) is 6.42 Å². The molecule has 2 heterocycles. The average Bonchev–Trinajstić information content (AvgIpc) is 2.76. The molecule has 21 heavy (non-hydrogen) atoms. The standard InChI is InChI=1S/C11H12ClN3O5S/c12-9-4-13-8(3-14-9)11(18)15(5-10(16)17)7-1-2-21(19,20)6-7/h3-4,7H,1-2,5-6H2,(H,16,17). The van der Waals surface area contributed by atoms with Gasteiger partial charge in [-0.3, -0.25) is 9.59 Å². The quantitative estimate of drug-likeness (QED) is 0.813. The maximum absolute atomic E-state index is 12.3. The number of carboxylic acids is 1. The molecule has 1 unspecified atom stereocenters. The number of rotatable bonds is 4. The molecule has 1 amide bonds. The molecule has 8 nitrogen and oxygen atoms in total. The number of hydrogen-bond acceptors (Lipinski definition) is 6. The molecule has 1 aromatic heterocycles. The average molecular weight is 334 g/mol. The van der Waals surface area contributed by atoms with E-state index >= 15 is 0 Å². The van der Waals surface area contributed by atoms with Crippen molar-refractivity contribution in [1.29, 1.82) is 0 Å². The molecule has 2 rings (SSSR count). The molecule has 1 aliphatic heterocycles. The van der Waals surface area contributed by atoms with Crippen molar-refractivity contribution in [3.63, 3.8) is 0 Å². The molecule has 1 fully saturated rings. The molecule has 0 radical (unpaired) electrons. The summed E-state index contributed by atoms with van der Waals surface area (Å²) in [6.45, 7) is -0.594. The minimum Gasteiger partial charge on any atom is -0.480 e. The zero-order valence-electron chi connectivity index (χ0n) is 10.8. The smallest absolute Gasteiger partial charge is 0.323 e. The number of carboxylic acid groups (broad SMARTS) is 1. The molecule has 1 atom stereocenters. The van der Waals surface area contributed by atoms with Crippen LogP contribution in [0.5, 0.6) is 0 Å². The highest BCUT2D eigenvalue weighted by Crippen LogP contribution is 2.19. The number of hydrogen-bond donors (Lipinski definition) is 1. The third kappa shape index (κ3) is 3.88. The number of carbonyl (C=O) groups excluding carboxylic acids is 1. The highest BCUT2D eigenvalue weighted by atomic mass is 35.5. The lowest BCUT2D eigenvalue weighted by atomic mass is 10.2. The van der Waals surface area contributed by atoms with Crippen LogP contribution in [0.25, 0.3) is 0 Å². The first-order chi connectivity index (χ1) is 9.78. The Bertz CT molecular complexity index is 661. The third-order valence-corrected chi connectivity index (χ3v) is 5.00. The lowest BCUT2D eigenvalue weighted by molar-refractivity contribution is -0.138. The lowest BCUT2D eigenvalue weighted by Crippen LogP contribution is -2.44. The first-order valence-corrected chi connectivity index (χ1v) is 8.19. The van der Waals surface area contributed by atoms with E-state index in [0.717, 1.165) is 11.1 Å². The van der Waals surface area contributed by atoms with Gasteiger partial charge in [0.2, 0.25) is 0 Å². The van der Waals surface area contributed by atoms with Crippen LogP contribution in [0.1, 0.15) is 16.9 Å². The normalized spacial score (nSPS) is 20.1. The summed E-state index contributed by atoms with van der Waals surface area (Å²) >= 11 is 5.57. The van der Waals surface area contributed by atoms with Crippen LogP contribution in [0.3, 0.4) is 0 Å². The van der Waals surface area contributed by atoms with Crippen LogP contribution >= 0.6 is 11.6 Å². The minimum atomic E-state index is -3.24. The van der Waals surface area contributed by atoms with E-state index < -0.39 is 34.3 Å². The summed E-state index contributed by atoms with van der Waals surface area (Å²) in [6.07, 6.45) is 2.50. The van der Waals surface area contributed by atoms with Crippen LogP contribution in [0.15, 0.2) is 12.4 Å². The van der Waals surface area contributed by atoms with Gasteiger partial charge in [0.15, 0.2) is 9.84 Å². The molecule has 1 saturated heterocycles. The molecule has 0 saturated carbocycles. The second kappa shape index (κ2) is 5.94. The van der Waals surface area contributed by atoms with E-state index in [4.69, 9.17) is 16.7 Å². The van der Waals surface area contributed by atoms with E-state index in [1.165, 1.54) is 6.20 Å². The molecule has 114 valence electrons. The van der Waals surface area contributed by atoms with E-state index in [1.807, 2.05) is 0 Å². The molecule has 1 aromatic rings. The second-order valence-corrected chi connectivity index (χ2v) is 7.22. The van der Waals surface area contributed by atoms with E-state index in [1.54, 1.807) is 0 Å². The summed E-state index contributed by atoms with van der Waals surface area (Å²) in [5.74, 6) is -2.21. The zero-order valence-corrected chi connectivity index (χ0v) is 12.3. The Labute approximate surface area is 125 Å². The summed E-state index contributed by atoms with van der Waals surface area (Å²) < 4.78 is 23.0. The van der Waals surface area contributed by atoms with Gasteiger partial charge in [-0.25, -0.2) is 18.4 Å². The van der Waals surface area contributed by atoms with Crippen LogP contribution in [0.4, 0.5) is 0 Å². The van der Waals surface area contributed by atoms with Crippen LogP contribution in [-0.2, 0) is 14.6 Å². The summed E-state index contributed by atoms with van der Waals surface area (Å²) in [6, 6.07) is -0.670. The number of halogens is 1. The predicted molar refractivity (Wildman–Crippen MR) is 72.8 cm³/mol. The number of amides is 1. The fourth-order valence-electron chi connectivity index (χ4n) is 2.10. The first-order valence-electron chi connectivity index (χ1n) is 5.99. The monoisotopic (exact) mass is 333 g/mol. The van der Waals surface area contributed by atoms with E-state index in [-0.39, 0.29) is 28.8 Å². The Balaban J connectivity index is 2.25. The van der Waals surface area contributed by atoms with Crippen molar-refractivity contribution in [2.45, 2.75) is 12.5 Å². The molecular formula is C11H12ClN3O5S. The van der Waals surface area contributed by atoms with Gasteiger partial charge in [-0.1, -0.05) is 11.6 Å². The zero-order chi connectivity index (χ0) is 15.6. The Morgan fingerprint density at radius 3 is 2.57 bits per heavy atom. The van der Waals surface area contributed by atoms with Gasteiger partial charge in [-0.15, -0.1) is 0 Å². The molecule has 1 aliphatic rings. The predicted octanol–water partition coefficient (Wildman–Crippen LogP) is -0.156. The highest BCUT2D eigenvalue weighted by Gasteiger charge is 2.36. The summed E-state index contributed by atoms with van der Waals surface area (Å²) in [7, 11) is -3.24. The second-order valence-electron chi connectivity index (χ2n) is 4.61. The largest absolute Gasteiger partial charge is 0.480 e. The molecule has 1 N–H and O–H groups in total. The SMILES string of the molecule is O=C(O)CN(C(=O)c1cnc(Cl)cn1)C1CCS(=O)(=O)C1. The van der Waals surface area contributed by atoms with Gasteiger partial charge in [0, 0.05) is 6.04 Å². The number of nitrogens with zero attached hydrogens (tertiary/aromatic N) is 3. The van der Waals surface area contributed by atoms with Crippen molar-refractivity contribution in [2.75, 3.05) is 18.1 Å². The van der Waals surface area contributed by atoms with Crippen molar-refractivity contribution in [3.05, 3.63) is 23.2 Å². The number of sulfone groups is 1. The van der Waals surface area contributed by atoms with Crippen molar-refractivity contribution >= 4 is 33.3 Å². The van der Waals surface area contributed by atoms with Gasteiger partial charge in [-0.2, -0.15) is 0 Å². The fraction of sp³-hybridized carbons (Fsp3) is 0.455. The number of aromatic nitrogens is 2. The maximum atomic E-state index is 12.3. The Morgan fingerprint density at radius 2 is 2.10 bits per heavy atom. The molecule has 0 aliphatic carbocycles. The third-order valence-electron chi connectivity index (χ3n) is 3.06. The molecular weight excluding hydrogens is 322 g/mol. The van der Waals surface area contributed by atoms with E-state index in [9.17, 15) is 18.0 Å². The van der Waals surface area contributed by atoms with Crippen LogP contribution in [-0.4, -0.2) is 64.4 Å². The summed E-state index contributed by atoms with van der Waals surface area (Å²) in [4.78, 5) is 31.7. The van der Waals surface area contributed by atoms with Gasteiger partial charge in [0.1, 0.15) is 17.4 Å². The van der Waals surface area contributed by atoms with Gasteiger partial charge in [0.25, 0.3) is 5.91 Å². The minimum absolute atomic E-state index is 0.0621. The van der Waals surface area contributed by atoms with Crippen LogP contribution < -0.4 is 0 Å². The molecule has 10 heteroatoms. The maximum Gasteiger partial charge on any atom is 0.323 e. The Kier molecular flexibility index (Phi) is 4.43. The van der Waals surface area contributed by atoms with Crippen molar-refractivity contribution in [2.24, 2.45) is 0 Å². The van der Waals surface area contributed by atoms with Crippen molar-refractivity contribution in [3.8, 4) is 0 Å². The fourth-order valence-corrected chi connectivity index (χ4v) is 3.93. The van der Waals surface area contributed by atoms with E-state index in [0.29, 0.717) is 0 Å². The van der Waals surface area contributed by atoms with Gasteiger partial charge < -0.3 is 10.0 Å². The summed E-state index contributed by atoms with van der Waals surface area (Å²) in [5.41, 5.74) is -0.0788. The number of aliphatic carboxylic acids is 1. The van der Waals surface area contributed by atoms with Crippen molar-refractivity contribution in [1.82, 2.24) is 14.9 Å². The Hall–Kier alpha value is -1.74. The van der Waals surface area contributed by atoms with Gasteiger partial charge in [0.05, 0.1) is 23.9 Å². The lowest BCUT2D eigenvalue weighted by Gasteiger charge is -2.26. The Morgan fingerprint density at radius 1 is 1.38 bits per heavy atom. The van der Waals surface area contributed by atoms with Gasteiger partial charge >= 0.3 is 5.97 Å². The van der Waals surface area contributed by atoms with E-state index in [2.05, 4.69) is 9.97 Å². The highest BCUT2D eigenvalue weighted by molar-refractivity contribution is 7.91. The summed E-state index contributed by atoms with van der Waals surface area (Å²) in [5, 5.41) is 9.01. The van der Waals surface area contributed by atoms with Crippen LogP contribution in [0, 0.1) is 0 Å². The van der Waals surface area contributed by atoms with Crippen LogP contribution in [0.2, 0.25) is 5.15 Å². The van der Waals surface area contributed by atoms with Crippen molar-refractivity contribution < 1.29 is 23.1 Å². The first kappa shape index (κ1) is 15.6. The molecule has 0 spiro atoms. The topological polar surface area (TPSA) is 118 Å². The molecule has 0 aromatic carbocycles.